The maximum atomic E-state index is 11.6. The Morgan fingerprint density at radius 2 is 1.86 bits per heavy atom. The van der Waals surface area contributed by atoms with E-state index in [1.165, 1.54) is 6.92 Å². The van der Waals surface area contributed by atoms with Gasteiger partial charge in [0.2, 0.25) is 0 Å². The highest BCUT2D eigenvalue weighted by molar-refractivity contribution is 6.39. The molecule has 0 aliphatic carbocycles. The van der Waals surface area contributed by atoms with Crippen LogP contribution in [0.4, 0.5) is 5.69 Å². The molecule has 6 heteroatoms. The Kier molecular flexibility index (Phi) is 7.99. The SMILES string of the molecule is CCCCCOc1ccc(NC(=O)C(=O)NCC(C)O)cc1. The molecule has 0 aliphatic rings. The van der Waals surface area contributed by atoms with E-state index in [4.69, 9.17) is 9.84 Å². The summed E-state index contributed by atoms with van der Waals surface area (Å²) >= 11 is 0. The number of aliphatic hydroxyl groups excluding tert-OH is 1. The summed E-state index contributed by atoms with van der Waals surface area (Å²) < 4.78 is 5.56. The number of aliphatic hydroxyl groups is 1. The molecule has 22 heavy (non-hydrogen) atoms. The Balaban J connectivity index is 2.39. The van der Waals surface area contributed by atoms with Crippen LogP contribution in [0.2, 0.25) is 0 Å². The van der Waals surface area contributed by atoms with Gasteiger partial charge >= 0.3 is 11.8 Å². The molecule has 0 saturated carbocycles. The van der Waals surface area contributed by atoms with Gasteiger partial charge in [0.25, 0.3) is 0 Å². The molecule has 0 spiro atoms. The molecular weight excluding hydrogens is 284 g/mol. The number of ether oxygens (including phenoxy) is 1. The number of carbonyl (C=O) groups is 2. The Bertz CT molecular complexity index is 472. The summed E-state index contributed by atoms with van der Waals surface area (Å²) in [6.07, 6.45) is 2.60. The Labute approximate surface area is 130 Å². The average molecular weight is 308 g/mol. The van der Waals surface area contributed by atoms with E-state index in [0.717, 1.165) is 25.0 Å². The lowest BCUT2D eigenvalue weighted by atomic mass is 10.2. The van der Waals surface area contributed by atoms with Crippen molar-refractivity contribution >= 4 is 17.5 Å². The lowest BCUT2D eigenvalue weighted by Crippen LogP contribution is -2.38. The van der Waals surface area contributed by atoms with Crippen molar-refractivity contribution in [1.29, 1.82) is 0 Å². The fraction of sp³-hybridized carbons (Fsp3) is 0.500. The third kappa shape index (κ3) is 7.08. The van der Waals surface area contributed by atoms with Crippen LogP contribution in [0.1, 0.15) is 33.1 Å². The van der Waals surface area contributed by atoms with E-state index in [1.54, 1.807) is 24.3 Å². The van der Waals surface area contributed by atoms with Crippen LogP contribution in [0.15, 0.2) is 24.3 Å². The van der Waals surface area contributed by atoms with Crippen molar-refractivity contribution in [3.8, 4) is 5.75 Å². The molecule has 0 aliphatic heterocycles. The van der Waals surface area contributed by atoms with Crippen molar-refractivity contribution in [2.75, 3.05) is 18.5 Å². The van der Waals surface area contributed by atoms with Crippen LogP contribution < -0.4 is 15.4 Å². The highest BCUT2D eigenvalue weighted by Gasteiger charge is 2.13. The lowest BCUT2D eigenvalue weighted by molar-refractivity contribution is -0.136. The Morgan fingerprint density at radius 1 is 1.18 bits per heavy atom. The number of hydrogen-bond donors (Lipinski definition) is 3. The first kappa shape index (κ1) is 18.0. The average Bonchev–Trinajstić information content (AvgIpc) is 2.50. The minimum atomic E-state index is -0.777. The minimum absolute atomic E-state index is 0.0385. The monoisotopic (exact) mass is 308 g/mol. The molecule has 0 saturated heterocycles. The van der Waals surface area contributed by atoms with Crippen LogP contribution in [-0.4, -0.2) is 36.2 Å². The van der Waals surface area contributed by atoms with E-state index < -0.39 is 17.9 Å². The van der Waals surface area contributed by atoms with Gasteiger partial charge in [0.05, 0.1) is 12.7 Å². The number of hydrogen-bond acceptors (Lipinski definition) is 4. The largest absolute Gasteiger partial charge is 0.494 e. The summed E-state index contributed by atoms with van der Waals surface area (Å²) in [5.41, 5.74) is 0.512. The standard InChI is InChI=1S/C16H24N2O4/c1-3-4-5-10-22-14-8-6-13(7-9-14)18-16(21)15(20)17-11-12(2)19/h6-9,12,19H,3-5,10-11H2,1-2H3,(H,17,20)(H,18,21). The first-order valence-electron chi connectivity index (χ1n) is 7.53. The number of anilines is 1. The molecule has 2 amide bonds. The van der Waals surface area contributed by atoms with Crippen LogP contribution in [-0.2, 0) is 9.59 Å². The number of unbranched alkanes of at least 4 members (excludes halogenated alkanes) is 2. The van der Waals surface area contributed by atoms with Crippen molar-refractivity contribution < 1.29 is 19.4 Å². The van der Waals surface area contributed by atoms with Crippen LogP contribution in [0.25, 0.3) is 0 Å². The molecule has 1 unspecified atom stereocenters. The van der Waals surface area contributed by atoms with Gasteiger partial charge in [-0.3, -0.25) is 9.59 Å². The second-order valence-corrected chi connectivity index (χ2v) is 5.09. The third-order valence-corrected chi connectivity index (χ3v) is 2.89. The molecule has 122 valence electrons. The zero-order valence-electron chi connectivity index (χ0n) is 13.1. The van der Waals surface area contributed by atoms with Gasteiger partial charge in [0.15, 0.2) is 0 Å². The van der Waals surface area contributed by atoms with Crippen molar-refractivity contribution in [3.05, 3.63) is 24.3 Å². The lowest BCUT2D eigenvalue weighted by Gasteiger charge is -2.09. The highest BCUT2D eigenvalue weighted by atomic mass is 16.5. The molecule has 6 nitrogen and oxygen atoms in total. The van der Waals surface area contributed by atoms with Gasteiger partial charge < -0.3 is 20.5 Å². The molecule has 0 heterocycles. The number of amides is 2. The summed E-state index contributed by atoms with van der Waals surface area (Å²) in [4.78, 5) is 23.1. The molecule has 1 aromatic rings. The van der Waals surface area contributed by atoms with E-state index in [0.29, 0.717) is 12.3 Å². The van der Waals surface area contributed by atoms with Gasteiger partial charge in [0.1, 0.15) is 5.75 Å². The Morgan fingerprint density at radius 3 is 2.45 bits per heavy atom. The number of carbonyl (C=O) groups excluding carboxylic acids is 2. The maximum Gasteiger partial charge on any atom is 0.313 e. The summed E-state index contributed by atoms with van der Waals surface area (Å²) in [6.45, 7) is 4.37. The van der Waals surface area contributed by atoms with Gasteiger partial charge in [-0.05, 0) is 37.6 Å². The van der Waals surface area contributed by atoms with E-state index >= 15 is 0 Å². The van der Waals surface area contributed by atoms with Gasteiger partial charge in [0, 0.05) is 12.2 Å². The summed E-state index contributed by atoms with van der Waals surface area (Å²) in [6, 6.07) is 6.84. The van der Waals surface area contributed by atoms with Gasteiger partial charge in [-0.2, -0.15) is 0 Å². The topological polar surface area (TPSA) is 87.7 Å². The van der Waals surface area contributed by atoms with Crippen molar-refractivity contribution in [2.45, 2.75) is 39.2 Å². The number of nitrogens with one attached hydrogen (secondary N) is 2. The molecule has 0 bridgehead atoms. The molecule has 1 rings (SSSR count). The quantitative estimate of drug-likeness (QED) is 0.504. The zero-order valence-corrected chi connectivity index (χ0v) is 13.1. The van der Waals surface area contributed by atoms with E-state index in [-0.39, 0.29) is 6.54 Å². The fourth-order valence-electron chi connectivity index (χ4n) is 1.69. The maximum absolute atomic E-state index is 11.6. The second-order valence-electron chi connectivity index (χ2n) is 5.09. The summed E-state index contributed by atoms with van der Waals surface area (Å²) in [5, 5.41) is 13.9. The molecule has 3 N–H and O–H groups in total. The van der Waals surface area contributed by atoms with Crippen LogP contribution in [0, 0.1) is 0 Å². The van der Waals surface area contributed by atoms with Gasteiger partial charge in [-0.25, -0.2) is 0 Å². The smallest absolute Gasteiger partial charge is 0.313 e. The first-order chi connectivity index (χ1) is 10.5. The molecule has 0 aromatic heterocycles. The van der Waals surface area contributed by atoms with Gasteiger partial charge in [-0.15, -0.1) is 0 Å². The van der Waals surface area contributed by atoms with Crippen LogP contribution in [0.5, 0.6) is 5.75 Å². The van der Waals surface area contributed by atoms with E-state index in [1.807, 2.05) is 0 Å². The highest BCUT2D eigenvalue weighted by Crippen LogP contribution is 2.16. The third-order valence-electron chi connectivity index (χ3n) is 2.89. The van der Waals surface area contributed by atoms with E-state index in [9.17, 15) is 9.59 Å². The summed E-state index contributed by atoms with van der Waals surface area (Å²) in [7, 11) is 0. The molecule has 0 fully saturated rings. The molecular formula is C16H24N2O4. The normalized spacial score (nSPS) is 11.6. The predicted octanol–water partition coefficient (Wildman–Crippen LogP) is 1.69. The van der Waals surface area contributed by atoms with Gasteiger partial charge in [-0.1, -0.05) is 19.8 Å². The molecule has 0 radical (unpaired) electrons. The minimum Gasteiger partial charge on any atom is -0.494 e. The van der Waals surface area contributed by atoms with Crippen molar-refractivity contribution in [3.63, 3.8) is 0 Å². The predicted molar refractivity (Wildman–Crippen MR) is 84.8 cm³/mol. The van der Waals surface area contributed by atoms with E-state index in [2.05, 4.69) is 17.6 Å². The van der Waals surface area contributed by atoms with Crippen molar-refractivity contribution in [1.82, 2.24) is 5.32 Å². The van der Waals surface area contributed by atoms with Crippen LogP contribution >= 0.6 is 0 Å². The zero-order chi connectivity index (χ0) is 16.4. The molecule has 1 aromatic carbocycles. The second kappa shape index (κ2) is 9.78. The molecule has 1 atom stereocenters. The van der Waals surface area contributed by atoms with Crippen LogP contribution in [0.3, 0.4) is 0 Å². The summed E-state index contributed by atoms with van der Waals surface area (Å²) in [5.74, 6) is -0.814. The van der Waals surface area contributed by atoms with Crippen molar-refractivity contribution in [2.24, 2.45) is 0 Å². The fourth-order valence-corrected chi connectivity index (χ4v) is 1.69. The number of benzene rings is 1. The number of rotatable bonds is 8. The Hall–Kier alpha value is -2.08. The first-order valence-corrected chi connectivity index (χ1v) is 7.53.